The van der Waals surface area contributed by atoms with E-state index in [1.54, 1.807) is 18.2 Å². The monoisotopic (exact) mass is 539 g/mol. The first-order chi connectivity index (χ1) is 19.1. The van der Waals surface area contributed by atoms with Gasteiger partial charge in [-0.25, -0.2) is 0 Å². The Morgan fingerprint density at radius 1 is 1.02 bits per heavy atom. The van der Waals surface area contributed by atoms with Crippen LogP contribution in [0.25, 0.3) is 11.0 Å². The van der Waals surface area contributed by atoms with Crippen LogP contribution in [0, 0.1) is 0 Å². The van der Waals surface area contributed by atoms with E-state index in [0.29, 0.717) is 28.9 Å². The number of furan rings is 1. The van der Waals surface area contributed by atoms with Crippen LogP contribution in [0.2, 0.25) is 0 Å². The van der Waals surface area contributed by atoms with Crippen LogP contribution in [0.3, 0.4) is 0 Å². The van der Waals surface area contributed by atoms with E-state index in [4.69, 9.17) is 13.9 Å². The van der Waals surface area contributed by atoms with Crippen LogP contribution < -0.4 is 9.47 Å². The SMILES string of the molecule is CCOc1ccc(CN2C(=O)C(O)=C(C(=O)c3cc4cccc(OC)c4o3)C2c2ccc(C(C)(C)C)cc2)cc1. The summed E-state index contributed by atoms with van der Waals surface area (Å²) in [5.41, 5.74) is 3.00. The molecule has 1 amide bonds. The number of nitrogens with zero attached hydrogens (tertiary/aromatic N) is 1. The molecule has 7 heteroatoms. The Hall–Kier alpha value is -4.52. The van der Waals surface area contributed by atoms with Crippen LogP contribution >= 0.6 is 0 Å². The summed E-state index contributed by atoms with van der Waals surface area (Å²) < 4.78 is 16.8. The van der Waals surface area contributed by atoms with Gasteiger partial charge >= 0.3 is 0 Å². The van der Waals surface area contributed by atoms with Crippen LogP contribution in [0.5, 0.6) is 11.5 Å². The van der Waals surface area contributed by atoms with Gasteiger partial charge in [0.25, 0.3) is 5.91 Å². The lowest BCUT2D eigenvalue weighted by Gasteiger charge is -2.28. The summed E-state index contributed by atoms with van der Waals surface area (Å²) in [5.74, 6) is -0.505. The molecular formula is C33H33NO6. The lowest BCUT2D eigenvalue weighted by atomic mass is 9.85. The van der Waals surface area contributed by atoms with E-state index >= 15 is 0 Å². The smallest absolute Gasteiger partial charge is 0.290 e. The first kappa shape index (κ1) is 27.1. The largest absolute Gasteiger partial charge is 0.503 e. The zero-order valence-corrected chi connectivity index (χ0v) is 23.4. The quantitative estimate of drug-likeness (QED) is 0.245. The summed E-state index contributed by atoms with van der Waals surface area (Å²) in [7, 11) is 1.53. The van der Waals surface area contributed by atoms with Crippen LogP contribution in [0.4, 0.5) is 0 Å². The molecule has 3 aromatic carbocycles. The van der Waals surface area contributed by atoms with Crippen molar-refractivity contribution in [2.45, 2.75) is 45.7 Å². The minimum atomic E-state index is -0.810. The molecule has 2 heterocycles. The number of ether oxygens (including phenoxy) is 2. The summed E-state index contributed by atoms with van der Waals surface area (Å²) in [6.45, 7) is 9.01. The minimum Gasteiger partial charge on any atom is -0.503 e. The first-order valence-electron chi connectivity index (χ1n) is 13.3. The molecule has 7 nitrogen and oxygen atoms in total. The van der Waals surface area contributed by atoms with Gasteiger partial charge in [0.2, 0.25) is 5.78 Å². The van der Waals surface area contributed by atoms with E-state index < -0.39 is 23.5 Å². The molecule has 0 bridgehead atoms. The van der Waals surface area contributed by atoms with Crippen molar-refractivity contribution in [3.8, 4) is 11.5 Å². The molecule has 5 rings (SSSR count). The number of hydrogen-bond donors (Lipinski definition) is 1. The van der Waals surface area contributed by atoms with Crippen LogP contribution in [-0.4, -0.2) is 35.4 Å². The van der Waals surface area contributed by atoms with Gasteiger partial charge in [0.15, 0.2) is 22.9 Å². The van der Waals surface area contributed by atoms with E-state index in [1.165, 1.54) is 12.0 Å². The highest BCUT2D eigenvalue weighted by Gasteiger charge is 2.44. The zero-order valence-electron chi connectivity index (χ0n) is 23.4. The topological polar surface area (TPSA) is 89.2 Å². The van der Waals surface area contributed by atoms with Crippen molar-refractivity contribution in [1.29, 1.82) is 0 Å². The first-order valence-corrected chi connectivity index (χ1v) is 13.3. The number of carbonyl (C=O) groups is 2. The van der Waals surface area contributed by atoms with Crippen molar-refractivity contribution in [2.24, 2.45) is 0 Å². The predicted molar refractivity (Wildman–Crippen MR) is 153 cm³/mol. The molecule has 1 atom stereocenters. The number of aliphatic hydroxyl groups is 1. The van der Waals surface area contributed by atoms with Crippen LogP contribution in [-0.2, 0) is 16.8 Å². The number of ketones is 1. The zero-order chi connectivity index (χ0) is 28.6. The van der Waals surface area contributed by atoms with Gasteiger partial charge in [0.05, 0.1) is 25.3 Å². The molecule has 0 saturated heterocycles. The normalized spacial score (nSPS) is 15.7. The standard InChI is InChI=1S/C33H33NO6/c1-6-39-24-16-10-20(11-17-24)19-34-28(21-12-14-23(15-13-21)33(2,3)4)27(30(36)32(34)37)29(35)26-18-22-8-7-9-25(38-5)31(22)40-26/h7-18,28,36H,6,19H2,1-5H3. The van der Waals surface area contributed by atoms with Crippen molar-refractivity contribution < 1.29 is 28.6 Å². The molecule has 1 aliphatic rings. The molecule has 206 valence electrons. The molecule has 40 heavy (non-hydrogen) atoms. The average molecular weight is 540 g/mol. The molecule has 0 fully saturated rings. The van der Waals surface area contributed by atoms with Gasteiger partial charge in [-0.3, -0.25) is 9.59 Å². The van der Waals surface area contributed by atoms with Gasteiger partial charge in [-0.05, 0) is 53.3 Å². The third kappa shape index (κ3) is 4.95. The maximum absolute atomic E-state index is 13.9. The molecule has 0 spiro atoms. The van der Waals surface area contributed by atoms with Crippen molar-refractivity contribution in [1.82, 2.24) is 4.90 Å². The molecule has 1 unspecified atom stereocenters. The van der Waals surface area contributed by atoms with E-state index in [-0.39, 0.29) is 23.3 Å². The number of amides is 1. The van der Waals surface area contributed by atoms with Crippen LogP contribution in [0.1, 0.15) is 61.0 Å². The Morgan fingerprint density at radius 3 is 2.35 bits per heavy atom. The third-order valence-electron chi connectivity index (χ3n) is 7.18. The highest BCUT2D eigenvalue weighted by Crippen LogP contribution is 2.41. The number of fused-ring (bicyclic) bond motifs is 1. The second kappa shape index (κ2) is 10.6. The van der Waals surface area contributed by atoms with Crippen molar-refractivity contribution in [3.05, 3.63) is 107 Å². The van der Waals surface area contributed by atoms with Gasteiger partial charge in [0.1, 0.15) is 5.75 Å². The maximum Gasteiger partial charge on any atom is 0.290 e. The number of methoxy groups -OCH3 is 1. The summed E-state index contributed by atoms with van der Waals surface area (Å²) in [4.78, 5) is 29.0. The van der Waals surface area contributed by atoms with E-state index in [2.05, 4.69) is 20.8 Å². The molecule has 0 radical (unpaired) electrons. The molecule has 1 aliphatic heterocycles. The molecule has 4 aromatic rings. The summed E-state index contributed by atoms with van der Waals surface area (Å²) in [6, 6.07) is 21.4. The second-order valence-corrected chi connectivity index (χ2v) is 10.9. The molecule has 1 N–H and O–H groups in total. The number of hydrogen-bond acceptors (Lipinski definition) is 6. The molecular weight excluding hydrogens is 506 g/mol. The van der Waals surface area contributed by atoms with Gasteiger partial charge < -0.3 is 23.9 Å². The summed E-state index contributed by atoms with van der Waals surface area (Å²) in [5, 5.41) is 11.8. The van der Waals surface area contributed by atoms with Gasteiger partial charge in [-0.2, -0.15) is 0 Å². The molecule has 1 aromatic heterocycles. The number of benzene rings is 3. The van der Waals surface area contributed by atoms with E-state index in [9.17, 15) is 14.7 Å². The number of carbonyl (C=O) groups excluding carboxylic acids is 2. The Kier molecular flexibility index (Phi) is 7.15. The number of para-hydroxylation sites is 1. The number of aliphatic hydroxyl groups excluding tert-OH is 1. The van der Waals surface area contributed by atoms with Crippen LogP contribution in [0.15, 0.2) is 88.5 Å². The van der Waals surface area contributed by atoms with Crippen molar-refractivity contribution >= 4 is 22.7 Å². The lowest BCUT2D eigenvalue weighted by molar-refractivity contribution is -0.130. The summed E-state index contributed by atoms with van der Waals surface area (Å²) in [6.07, 6.45) is 0. The predicted octanol–water partition coefficient (Wildman–Crippen LogP) is 6.92. The third-order valence-corrected chi connectivity index (χ3v) is 7.18. The second-order valence-electron chi connectivity index (χ2n) is 10.9. The van der Waals surface area contributed by atoms with E-state index in [1.807, 2.05) is 61.5 Å². The Morgan fingerprint density at radius 2 is 1.73 bits per heavy atom. The molecule has 0 aliphatic carbocycles. The van der Waals surface area contributed by atoms with E-state index in [0.717, 1.165) is 16.9 Å². The minimum absolute atomic E-state index is 0.0162. The Balaban J connectivity index is 1.57. The van der Waals surface area contributed by atoms with Crippen molar-refractivity contribution in [2.75, 3.05) is 13.7 Å². The highest BCUT2D eigenvalue weighted by molar-refractivity contribution is 6.16. The summed E-state index contributed by atoms with van der Waals surface area (Å²) >= 11 is 0. The fourth-order valence-electron chi connectivity index (χ4n) is 5.06. The van der Waals surface area contributed by atoms with Gasteiger partial charge in [0, 0.05) is 11.9 Å². The Bertz CT molecular complexity index is 1590. The average Bonchev–Trinajstić information content (AvgIpc) is 3.49. The molecule has 0 saturated carbocycles. The fraction of sp³-hybridized carbons (Fsp3) is 0.273. The lowest BCUT2D eigenvalue weighted by Crippen LogP contribution is -2.30. The number of Topliss-reactive ketones (excluding diaryl/α,β-unsaturated/α-hetero) is 1. The van der Waals surface area contributed by atoms with Crippen molar-refractivity contribution in [3.63, 3.8) is 0 Å². The highest BCUT2D eigenvalue weighted by atomic mass is 16.5. The van der Waals surface area contributed by atoms with Gasteiger partial charge in [-0.15, -0.1) is 0 Å². The maximum atomic E-state index is 13.9. The van der Waals surface area contributed by atoms with Gasteiger partial charge in [-0.1, -0.05) is 69.3 Å². The fourth-order valence-corrected chi connectivity index (χ4v) is 5.06. The Labute approximate surface area is 233 Å². The number of rotatable bonds is 8.